The quantitative estimate of drug-likeness (QED) is 0.297. The first-order valence-corrected chi connectivity index (χ1v) is 11.8. The average Bonchev–Trinajstić information content (AvgIpc) is 2.89. The number of fused-ring (bicyclic) bond motifs is 1. The molecule has 2 heterocycles. The van der Waals surface area contributed by atoms with E-state index in [1.54, 1.807) is 38.3 Å². The summed E-state index contributed by atoms with van der Waals surface area (Å²) in [6.45, 7) is 5.44. The van der Waals surface area contributed by atoms with Crippen molar-refractivity contribution in [3.63, 3.8) is 0 Å². The minimum Gasteiger partial charge on any atom is -0.429 e. The van der Waals surface area contributed by atoms with E-state index in [1.165, 1.54) is 5.01 Å². The van der Waals surface area contributed by atoms with Crippen LogP contribution in [0.3, 0.4) is 0 Å². The molecule has 3 aromatic rings. The number of amides is 1. The molecule has 10 nitrogen and oxygen atoms in total. The van der Waals surface area contributed by atoms with E-state index < -0.39 is 30.2 Å². The molecule has 37 heavy (non-hydrogen) atoms. The van der Waals surface area contributed by atoms with Crippen molar-refractivity contribution in [1.29, 1.82) is 0 Å². The summed E-state index contributed by atoms with van der Waals surface area (Å²) in [4.78, 5) is 52.8. The van der Waals surface area contributed by atoms with Gasteiger partial charge in [-0.2, -0.15) is 4.79 Å². The van der Waals surface area contributed by atoms with E-state index in [9.17, 15) is 14.4 Å². The first-order valence-electron chi connectivity index (χ1n) is 11.8. The van der Waals surface area contributed by atoms with Crippen molar-refractivity contribution in [1.82, 2.24) is 15.0 Å². The normalized spacial score (nSPS) is 16.2. The maximum absolute atomic E-state index is 13.7. The molecule has 4 rings (SSSR count). The number of likely N-dealkylation sites (N-methyl/N-ethyl adjacent to an activating group) is 2. The van der Waals surface area contributed by atoms with Gasteiger partial charge in [-0.3, -0.25) is 14.8 Å². The second kappa shape index (κ2) is 11.1. The van der Waals surface area contributed by atoms with Gasteiger partial charge >= 0.3 is 12.1 Å². The van der Waals surface area contributed by atoms with Crippen molar-refractivity contribution in [2.75, 3.05) is 18.9 Å². The second-order valence-corrected chi connectivity index (χ2v) is 8.60. The highest BCUT2D eigenvalue weighted by atomic mass is 17.2. The van der Waals surface area contributed by atoms with Crippen molar-refractivity contribution in [2.24, 2.45) is 0 Å². The van der Waals surface area contributed by atoms with Crippen LogP contribution in [0.2, 0.25) is 0 Å². The van der Waals surface area contributed by atoms with Gasteiger partial charge in [-0.15, -0.1) is 0 Å². The molecule has 1 aromatic heterocycles. The maximum atomic E-state index is 13.7. The summed E-state index contributed by atoms with van der Waals surface area (Å²) >= 11 is 0. The highest BCUT2D eigenvalue weighted by Gasteiger charge is 2.43. The molecule has 10 heteroatoms. The Balaban J connectivity index is 1.84. The van der Waals surface area contributed by atoms with Gasteiger partial charge in [-0.25, -0.2) is 19.6 Å². The molecule has 0 fully saturated rings. The summed E-state index contributed by atoms with van der Waals surface area (Å²) in [5.74, 6) is -1.47. The zero-order chi connectivity index (χ0) is 26.5. The van der Waals surface area contributed by atoms with E-state index in [2.05, 4.69) is 15.2 Å². The number of benzene rings is 2. The zero-order valence-corrected chi connectivity index (χ0v) is 21.0. The lowest BCUT2D eigenvalue weighted by atomic mass is 9.94. The summed E-state index contributed by atoms with van der Waals surface area (Å²) in [6.07, 6.45) is 1.64. The van der Waals surface area contributed by atoms with Gasteiger partial charge in [0.25, 0.3) is 5.91 Å². The number of pyridine rings is 1. The minimum atomic E-state index is -1.17. The molecular weight excluding hydrogens is 476 g/mol. The smallest absolute Gasteiger partial charge is 0.429 e. The Morgan fingerprint density at radius 3 is 2.43 bits per heavy atom. The fourth-order valence-corrected chi connectivity index (χ4v) is 4.25. The summed E-state index contributed by atoms with van der Waals surface area (Å²) in [6, 6.07) is 16.0. The van der Waals surface area contributed by atoms with Gasteiger partial charge in [0.1, 0.15) is 5.70 Å². The fourth-order valence-electron chi connectivity index (χ4n) is 4.25. The Bertz CT molecular complexity index is 1340. The summed E-state index contributed by atoms with van der Waals surface area (Å²) in [7, 11) is 1.70. The molecule has 1 unspecified atom stereocenters. The van der Waals surface area contributed by atoms with E-state index in [-0.39, 0.29) is 11.3 Å². The SMILES string of the molecule is CCN1C(=O)C(Nc2cncc3ccccc23)=C(C(=O)OOC(=O)OC(C)C)C(c2ccccc2)N1C. The highest BCUT2D eigenvalue weighted by molar-refractivity contribution is 6.08. The highest BCUT2D eigenvalue weighted by Crippen LogP contribution is 2.37. The number of hydrazine groups is 1. The van der Waals surface area contributed by atoms with E-state index in [1.807, 2.05) is 61.5 Å². The van der Waals surface area contributed by atoms with Crippen molar-refractivity contribution in [2.45, 2.75) is 32.9 Å². The van der Waals surface area contributed by atoms with Crippen LogP contribution in [0.4, 0.5) is 10.5 Å². The Morgan fingerprint density at radius 2 is 1.73 bits per heavy atom. The second-order valence-electron chi connectivity index (χ2n) is 8.60. The van der Waals surface area contributed by atoms with Gasteiger partial charge in [0, 0.05) is 30.6 Å². The molecule has 0 bridgehead atoms. The van der Waals surface area contributed by atoms with Crippen LogP contribution in [0, 0.1) is 0 Å². The number of nitrogens with one attached hydrogen (secondary N) is 1. The summed E-state index contributed by atoms with van der Waals surface area (Å²) in [5, 5.41) is 7.97. The van der Waals surface area contributed by atoms with Gasteiger partial charge < -0.3 is 10.1 Å². The van der Waals surface area contributed by atoms with Crippen LogP contribution in [0.25, 0.3) is 10.8 Å². The molecule has 0 spiro atoms. The van der Waals surface area contributed by atoms with Gasteiger partial charge in [-0.1, -0.05) is 54.6 Å². The number of aromatic nitrogens is 1. The molecule has 0 saturated carbocycles. The predicted molar refractivity (Wildman–Crippen MR) is 136 cm³/mol. The third-order valence-electron chi connectivity index (χ3n) is 5.83. The van der Waals surface area contributed by atoms with Gasteiger partial charge in [0.2, 0.25) is 0 Å². The van der Waals surface area contributed by atoms with Gasteiger partial charge in [-0.05, 0) is 26.3 Å². The molecule has 0 aliphatic carbocycles. The largest absolute Gasteiger partial charge is 0.550 e. The maximum Gasteiger partial charge on any atom is 0.550 e. The molecule has 1 atom stereocenters. The van der Waals surface area contributed by atoms with Crippen LogP contribution in [0.15, 0.2) is 78.3 Å². The van der Waals surface area contributed by atoms with Gasteiger partial charge in [0.15, 0.2) is 0 Å². The number of ether oxygens (including phenoxy) is 1. The molecule has 0 radical (unpaired) electrons. The van der Waals surface area contributed by atoms with Crippen molar-refractivity contribution in [3.8, 4) is 0 Å². The number of carbonyl (C=O) groups is 3. The van der Waals surface area contributed by atoms with Crippen molar-refractivity contribution >= 4 is 34.5 Å². The fraction of sp³-hybridized carbons (Fsp3) is 0.259. The zero-order valence-electron chi connectivity index (χ0n) is 21.0. The molecule has 1 aliphatic rings. The lowest BCUT2D eigenvalue weighted by Crippen LogP contribution is -2.53. The minimum absolute atomic E-state index is 0.0159. The van der Waals surface area contributed by atoms with E-state index in [0.717, 1.165) is 16.3 Å². The van der Waals surface area contributed by atoms with Gasteiger partial charge in [0.05, 0.1) is 29.6 Å². The lowest BCUT2D eigenvalue weighted by molar-refractivity contribution is -0.242. The van der Waals surface area contributed by atoms with Crippen molar-refractivity contribution in [3.05, 3.63) is 83.8 Å². The number of rotatable bonds is 6. The monoisotopic (exact) mass is 504 g/mol. The van der Waals surface area contributed by atoms with Crippen LogP contribution in [-0.2, 0) is 24.1 Å². The van der Waals surface area contributed by atoms with Crippen LogP contribution in [0.1, 0.15) is 32.4 Å². The van der Waals surface area contributed by atoms with Crippen LogP contribution < -0.4 is 5.32 Å². The molecular formula is C27H28N4O6. The lowest BCUT2D eigenvalue weighted by Gasteiger charge is -2.42. The first-order chi connectivity index (χ1) is 17.8. The Morgan fingerprint density at radius 1 is 1.03 bits per heavy atom. The Labute approximate surface area is 214 Å². The number of hydrogen-bond acceptors (Lipinski definition) is 9. The average molecular weight is 505 g/mol. The molecule has 1 N–H and O–H groups in total. The number of hydrogen-bond donors (Lipinski definition) is 1. The molecule has 2 aromatic carbocycles. The van der Waals surface area contributed by atoms with Crippen LogP contribution >= 0.6 is 0 Å². The Kier molecular flexibility index (Phi) is 7.69. The first kappa shape index (κ1) is 25.6. The molecule has 1 amide bonds. The molecule has 192 valence electrons. The topological polar surface area (TPSA) is 110 Å². The number of carbonyl (C=O) groups excluding carboxylic acids is 3. The predicted octanol–water partition coefficient (Wildman–Crippen LogP) is 4.37. The third kappa shape index (κ3) is 5.39. The number of nitrogens with zero attached hydrogens (tertiary/aromatic N) is 3. The Hall–Kier alpha value is -4.44. The third-order valence-corrected chi connectivity index (χ3v) is 5.83. The van der Waals surface area contributed by atoms with E-state index in [0.29, 0.717) is 12.2 Å². The van der Waals surface area contributed by atoms with E-state index >= 15 is 0 Å². The summed E-state index contributed by atoms with van der Waals surface area (Å²) < 4.78 is 4.88. The van der Waals surface area contributed by atoms with Crippen LogP contribution in [0.5, 0.6) is 0 Å². The van der Waals surface area contributed by atoms with E-state index in [4.69, 9.17) is 9.62 Å². The van der Waals surface area contributed by atoms with Crippen LogP contribution in [-0.4, -0.2) is 52.7 Å². The number of anilines is 1. The summed E-state index contributed by atoms with van der Waals surface area (Å²) in [5.41, 5.74) is 1.20. The standard InChI is InChI=1S/C27H28N4O6/c1-5-31-25(32)23(29-21-16-28-15-19-13-9-10-14-20(19)21)22(26(33)36-37-27(34)35-17(2)3)24(30(31)4)18-11-7-6-8-12-18/h6-17,24,29H,5H2,1-4H3. The molecule has 1 aliphatic heterocycles. The van der Waals surface area contributed by atoms with Crippen molar-refractivity contribution < 1.29 is 28.9 Å². The molecule has 0 saturated heterocycles.